The van der Waals surface area contributed by atoms with Crippen molar-refractivity contribution in [2.75, 3.05) is 22.5 Å². The fourth-order valence-corrected chi connectivity index (χ4v) is 4.12. The number of nitrogens with zero attached hydrogens (tertiary/aromatic N) is 2. The summed E-state index contributed by atoms with van der Waals surface area (Å²) in [4.78, 5) is 19.7. The molecule has 0 aliphatic heterocycles. The van der Waals surface area contributed by atoms with Gasteiger partial charge in [-0.05, 0) is 44.2 Å². The molecule has 0 bridgehead atoms. The van der Waals surface area contributed by atoms with Crippen LogP contribution < -0.4 is 26.4 Å². The Hall–Kier alpha value is -3.84. The summed E-state index contributed by atoms with van der Waals surface area (Å²) in [6.07, 6.45) is 1.03. The van der Waals surface area contributed by atoms with Gasteiger partial charge in [-0.2, -0.15) is 13.8 Å². The van der Waals surface area contributed by atoms with E-state index in [0.29, 0.717) is 11.4 Å². The standard InChI is InChI=1S/C22H24F2N6O4S/c1-13(2)35(32,33)18-9-4-3-8-16(18)29-20-17(34-21(23)24)12-26-22(30-20)28-15-7-5-6-14(10-15)27-19(31)11-25/h3-10,12-13,21H,11,25H2,1-2H3,(H,27,31)(H2,26,28,29,30). The van der Waals surface area contributed by atoms with E-state index < -0.39 is 21.7 Å². The van der Waals surface area contributed by atoms with Crippen molar-refractivity contribution in [3.8, 4) is 5.75 Å². The molecule has 35 heavy (non-hydrogen) atoms. The molecular formula is C22H24F2N6O4S. The van der Waals surface area contributed by atoms with E-state index in [4.69, 9.17) is 5.73 Å². The fourth-order valence-electron chi connectivity index (χ4n) is 2.92. The Labute approximate surface area is 200 Å². The van der Waals surface area contributed by atoms with Crippen molar-refractivity contribution in [2.24, 2.45) is 5.73 Å². The number of sulfone groups is 1. The number of hydrogen-bond acceptors (Lipinski definition) is 9. The van der Waals surface area contributed by atoms with Gasteiger partial charge in [0.15, 0.2) is 21.4 Å². The SMILES string of the molecule is CC(C)S(=O)(=O)c1ccccc1Nc1nc(Nc2cccc(NC(=O)CN)c2)ncc1OC(F)F. The highest BCUT2D eigenvalue weighted by atomic mass is 32.2. The van der Waals surface area contributed by atoms with Gasteiger partial charge in [-0.3, -0.25) is 4.79 Å². The van der Waals surface area contributed by atoms with Crippen LogP contribution in [0.3, 0.4) is 0 Å². The second-order valence-electron chi connectivity index (χ2n) is 7.46. The Morgan fingerprint density at radius 1 is 1.09 bits per heavy atom. The maximum absolute atomic E-state index is 13.0. The Balaban J connectivity index is 1.96. The number of rotatable bonds is 10. The van der Waals surface area contributed by atoms with E-state index in [1.54, 1.807) is 36.4 Å². The lowest BCUT2D eigenvalue weighted by atomic mass is 10.2. The van der Waals surface area contributed by atoms with Crippen LogP contribution in [0.25, 0.3) is 0 Å². The molecule has 3 rings (SSSR count). The van der Waals surface area contributed by atoms with Gasteiger partial charge in [0, 0.05) is 11.4 Å². The van der Waals surface area contributed by atoms with Crippen LogP contribution in [0.4, 0.5) is 37.6 Å². The van der Waals surface area contributed by atoms with Gasteiger partial charge < -0.3 is 26.4 Å². The molecule has 0 saturated carbocycles. The second-order valence-corrected chi connectivity index (χ2v) is 9.93. The first-order chi connectivity index (χ1) is 16.6. The number of ether oxygens (including phenoxy) is 1. The minimum absolute atomic E-state index is 0.000570. The number of anilines is 5. The molecule has 2 aromatic carbocycles. The number of para-hydroxylation sites is 1. The van der Waals surface area contributed by atoms with Gasteiger partial charge in [0.2, 0.25) is 11.9 Å². The predicted molar refractivity (Wildman–Crippen MR) is 128 cm³/mol. The highest BCUT2D eigenvalue weighted by Gasteiger charge is 2.24. The van der Waals surface area contributed by atoms with Crippen molar-refractivity contribution in [1.82, 2.24) is 9.97 Å². The maximum Gasteiger partial charge on any atom is 0.387 e. The summed E-state index contributed by atoms with van der Waals surface area (Å²) in [6.45, 7) is -0.270. The zero-order chi connectivity index (χ0) is 25.6. The molecule has 1 amide bonds. The van der Waals surface area contributed by atoms with E-state index in [9.17, 15) is 22.0 Å². The van der Waals surface area contributed by atoms with E-state index in [1.807, 2.05) is 0 Å². The predicted octanol–water partition coefficient (Wildman–Crippen LogP) is 3.64. The number of aromatic nitrogens is 2. The number of carbonyl (C=O) groups excluding carboxylic acids is 1. The van der Waals surface area contributed by atoms with Crippen LogP contribution in [0.2, 0.25) is 0 Å². The molecule has 0 aliphatic rings. The number of hydrogen-bond donors (Lipinski definition) is 4. The highest BCUT2D eigenvalue weighted by molar-refractivity contribution is 7.92. The lowest BCUT2D eigenvalue weighted by molar-refractivity contribution is -0.114. The third-order valence-corrected chi connectivity index (χ3v) is 6.84. The van der Waals surface area contributed by atoms with Gasteiger partial charge in [0.05, 0.1) is 28.6 Å². The van der Waals surface area contributed by atoms with Crippen molar-refractivity contribution in [3.05, 3.63) is 54.7 Å². The van der Waals surface area contributed by atoms with E-state index in [2.05, 4.69) is 30.7 Å². The molecule has 0 atom stereocenters. The first-order valence-corrected chi connectivity index (χ1v) is 11.9. The van der Waals surface area contributed by atoms with Crippen LogP contribution in [0.1, 0.15) is 13.8 Å². The Morgan fingerprint density at radius 2 is 1.80 bits per heavy atom. The molecule has 0 radical (unpaired) electrons. The summed E-state index contributed by atoms with van der Waals surface area (Å²) in [6, 6.07) is 12.6. The third-order valence-electron chi connectivity index (χ3n) is 4.63. The van der Waals surface area contributed by atoms with Crippen molar-refractivity contribution in [2.45, 2.75) is 30.6 Å². The van der Waals surface area contributed by atoms with Crippen molar-refractivity contribution >= 4 is 44.6 Å². The van der Waals surface area contributed by atoms with E-state index >= 15 is 0 Å². The summed E-state index contributed by atoms with van der Waals surface area (Å²) in [5.74, 6) is -0.943. The molecule has 0 fully saturated rings. The average Bonchev–Trinajstić information content (AvgIpc) is 2.81. The first kappa shape index (κ1) is 25.8. The lowest BCUT2D eigenvalue weighted by Crippen LogP contribution is -2.21. The number of alkyl halides is 2. The van der Waals surface area contributed by atoms with Crippen LogP contribution in [-0.4, -0.2) is 42.7 Å². The lowest BCUT2D eigenvalue weighted by Gasteiger charge is -2.17. The van der Waals surface area contributed by atoms with Gasteiger partial charge in [0.1, 0.15) is 0 Å². The topological polar surface area (TPSA) is 148 Å². The largest absolute Gasteiger partial charge is 0.429 e. The molecule has 3 aromatic rings. The van der Waals surface area contributed by atoms with Crippen LogP contribution in [0.15, 0.2) is 59.6 Å². The monoisotopic (exact) mass is 506 g/mol. The van der Waals surface area contributed by atoms with Crippen LogP contribution >= 0.6 is 0 Å². The van der Waals surface area contributed by atoms with E-state index in [-0.39, 0.29) is 40.6 Å². The maximum atomic E-state index is 13.0. The number of halogens is 2. The van der Waals surface area contributed by atoms with E-state index in [0.717, 1.165) is 6.20 Å². The number of nitrogens with one attached hydrogen (secondary N) is 3. The van der Waals surface area contributed by atoms with Crippen LogP contribution in [0.5, 0.6) is 5.75 Å². The van der Waals surface area contributed by atoms with Gasteiger partial charge >= 0.3 is 6.61 Å². The quantitative estimate of drug-likeness (QED) is 0.323. The molecule has 0 unspecified atom stereocenters. The molecule has 1 heterocycles. The summed E-state index contributed by atoms with van der Waals surface area (Å²) in [5.41, 5.74) is 6.39. The van der Waals surface area contributed by atoms with Crippen LogP contribution in [0, 0.1) is 0 Å². The first-order valence-electron chi connectivity index (χ1n) is 10.4. The summed E-state index contributed by atoms with van der Waals surface area (Å²) in [5, 5.41) is 7.57. The Bertz CT molecular complexity index is 1300. The Morgan fingerprint density at radius 3 is 2.49 bits per heavy atom. The van der Waals surface area contributed by atoms with Gasteiger partial charge in [-0.1, -0.05) is 18.2 Å². The van der Waals surface area contributed by atoms with Crippen molar-refractivity contribution < 1.29 is 26.7 Å². The van der Waals surface area contributed by atoms with Crippen molar-refractivity contribution in [1.29, 1.82) is 0 Å². The van der Waals surface area contributed by atoms with Crippen molar-refractivity contribution in [3.63, 3.8) is 0 Å². The molecule has 0 spiro atoms. The second kappa shape index (κ2) is 11.1. The summed E-state index contributed by atoms with van der Waals surface area (Å²) in [7, 11) is -3.69. The zero-order valence-corrected chi connectivity index (χ0v) is 19.6. The normalized spacial score (nSPS) is 11.4. The van der Waals surface area contributed by atoms with E-state index in [1.165, 1.54) is 26.0 Å². The minimum Gasteiger partial charge on any atom is -0.429 e. The number of benzene rings is 2. The third kappa shape index (κ3) is 6.61. The molecule has 1 aromatic heterocycles. The number of nitrogens with two attached hydrogens (primary N) is 1. The Kier molecular flexibility index (Phi) is 8.14. The molecule has 5 N–H and O–H groups in total. The van der Waals surface area contributed by atoms with Gasteiger partial charge in [-0.25, -0.2) is 13.4 Å². The molecular weight excluding hydrogens is 482 g/mol. The molecule has 186 valence electrons. The highest BCUT2D eigenvalue weighted by Crippen LogP contribution is 2.32. The van der Waals surface area contributed by atoms with Crippen LogP contribution in [-0.2, 0) is 14.6 Å². The summed E-state index contributed by atoms with van der Waals surface area (Å²) < 4.78 is 56.0. The summed E-state index contributed by atoms with van der Waals surface area (Å²) >= 11 is 0. The average molecular weight is 507 g/mol. The van der Waals surface area contributed by atoms with Gasteiger partial charge in [-0.15, -0.1) is 0 Å². The minimum atomic E-state index is -3.69. The number of amides is 1. The molecule has 0 saturated heterocycles. The molecule has 13 heteroatoms. The number of carbonyl (C=O) groups is 1. The van der Waals surface area contributed by atoms with Gasteiger partial charge in [0.25, 0.3) is 0 Å². The molecule has 10 nitrogen and oxygen atoms in total. The smallest absolute Gasteiger partial charge is 0.387 e. The zero-order valence-electron chi connectivity index (χ0n) is 18.8. The molecule has 0 aliphatic carbocycles. The fraction of sp³-hybridized carbons (Fsp3) is 0.227.